The third-order valence-corrected chi connectivity index (χ3v) is 6.63. The second kappa shape index (κ2) is 5.85. The highest BCUT2D eigenvalue weighted by Crippen LogP contribution is 2.21. The third-order valence-electron chi connectivity index (χ3n) is 2.78. The summed E-state index contributed by atoms with van der Waals surface area (Å²) in [5.41, 5.74) is 0.515. The fourth-order valence-corrected chi connectivity index (χ4v) is 4.55. The number of benzene rings is 1. The monoisotopic (exact) mass is 346 g/mol. The van der Waals surface area contributed by atoms with E-state index in [-0.39, 0.29) is 9.10 Å². The van der Waals surface area contributed by atoms with Crippen LogP contribution in [0.25, 0.3) is 0 Å². The molecule has 21 heavy (non-hydrogen) atoms. The Labute approximate surface area is 127 Å². The van der Waals surface area contributed by atoms with Crippen molar-refractivity contribution in [3.05, 3.63) is 47.3 Å². The van der Waals surface area contributed by atoms with Crippen LogP contribution in [0.1, 0.15) is 18.5 Å². The Morgan fingerprint density at radius 2 is 1.86 bits per heavy atom. The van der Waals surface area contributed by atoms with Gasteiger partial charge >= 0.3 is 0 Å². The van der Waals surface area contributed by atoms with Gasteiger partial charge in [-0.1, -0.05) is 18.2 Å². The highest BCUT2D eigenvalue weighted by atomic mass is 32.2. The summed E-state index contributed by atoms with van der Waals surface area (Å²) in [6.07, 6.45) is 0. The van der Waals surface area contributed by atoms with E-state index in [1.54, 1.807) is 24.4 Å². The summed E-state index contributed by atoms with van der Waals surface area (Å²) in [5.74, 6) is 0. The highest BCUT2D eigenvalue weighted by molar-refractivity contribution is 7.91. The molecule has 6 nitrogen and oxygen atoms in total. The van der Waals surface area contributed by atoms with Crippen LogP contribution >= 0.6 is 11.3 Å². The standard InChI is InChI=1S/C12H14N2O4S3/c1-9(14-21(17,18)12-6-3-7-19-12)10-4-2-5-11(8-10)20(13,15)16/h2-9,14H,1H3,(H2,13,15,16). The van der Waals surface area contributed by atoms with E-state index in [4.69, 9.17) is 5.14 Å². The second-order valence-corrected chi connectivity index (χ2v) is 8.84. The molecule has 0 aliphatic carbocycles. The van der Waals surface area contributed by atoms with E-state index >= 15 is 0 Å². The molecule has 0 radical (unpaired) electrons. The molecular formula is C12H14N2O4S3. The van der Waals surface area contributed by atoms with Crippen molar-refractivity contribution < 1.29 is 16.8 Å². The summed E-state index contributed by atoms with van der Waals surface area (Å²) in [5, 5.41) is 6.73. The maximum absolute atomic E-state index is 12.1. The van der Waals surface area contributed by atoms with E-state index in [9.17, 15) is 16.8 Å². The van der Waals surface area contributed by atoms with E-state index in [0.29, 0.717) is 5.56 Å². The van der Waals surface area contributed by atoms with Crippen LogP contribution in [0.5, 0.6) is 0 Å². The molecule has 1 heterocycles. The molecule has 0 fully saturated rings. The van der Waals surface area contributed by atoms with Gasteiger partial charge in [-0.05, 0) is 36.1 Å². The predicted octanol–water partition coefficient (Wildman–Crippen LogP) is 1.44. The quantitative estimate of drug-likeness (QED) is 0.854. The number of primary sulfonamides is 1. The lowest BCUT2D eigenvalue weighted by atomic mass is 10.1. The van der Waals surface area contributed by atoms with Crippen LogP contribution in [-0.4, -0.2) is 16.8 Å². The van der Waals surface area contributed by atoms with Crippen molar-refractivity contribution >= 4 is 31.4 Å². The van der Waals surface area contributed by atoms with Gasteiger partial charge in [-0.3, -0.25) is 0 Å². The van der Waals surface area contributed by atoms with Gasteiger partial charge in [0.25, 0.3) is 10.0 Å². The Morgan fingerprint density at radius 3 is 2.43 bits per heavy atom. The molecule has 114 valence electrons. The van der Waals surface area contributed by atoms with E-state index in [1.165, 1.54) is 24.3 Å². The third kappa shape index (κ3) is 3.89. The zero-order chi connectivity index (χ0) is 15.7. The molecule has 0 aliphatic rings. The van der Waals surface area contributed by atoms with Gasteiger partial charge in [0.05, 0.1) is 4.90 Å². The molecule has 3 N–H and O–H groups in total. The molecular weight excluding hydrogens is 332 g/mol. The van der Waals surface area contributed by atoms with Gasteiger partial charge in [0.2, 0.25) is 10.0 Å². The minimum absolute atomic E-state index is 0.0535. The number of nitrogens with one attached hydrogen (secondary N) is 1. The molecule has 1 atom stereocenters. The Kier molecular flexibility index (Phi) is 4.49. The van der Waals surface area contributed by atoms with E-state index in [0.717, 1.165) is 11.3 Å². The maximum atomic E-state index is 12.1. The van der Waals surface area contributed by atoms with Crippen molar-refractivity contribution in [3.8, 4) is 0 Å². The first-order chi connectivity index (χ1) is 9.70. The fourth-order valence-electron chi connectivity index (χ4n) is 1.74. The van der Waals surface area contributed by atoms with Crippen molar-refractivity contribution in [2.45, 2.75) is 22.1 Å². The molecule has 0 spiro atoms. The van der Waals surface area contributed by atoms with Crippen LogP contribution in [0.2, 0.25) is 0 Å². The number of nitrogens with two attached hydrogens (primary N) is 1. The number of hydrogen-bond acceptors (Lipinski definition) is 5. The maximum Gasteiger partial charge on any atom is 0.250 e. The van der Waals surface area contributed by atoms with Crippen LogP contribution in [0.3, 0.4) is 0 Å². The van der Waals surface area contributed by atoms with Crippen molar-refractivity contribution in [2.24, 2.45) is 5.14 Å². The van der Waals surface area contributed by atoms with Gasteiger partial charge in [0, 0.05) is 6.04 Å². The SMILES string of the molecule is CC(NS(=O)(=O)c1cccs1)c1cccc(S(N)(=O)=O)c1. The molecule has 1 aromatic heterocycles. The molecule has 0 bridgehead atoms. The number of thiophene rings is 1. The zero-order valence-corrected chi connectivity index (χ0v) is 13.5. The van der Waals surface area contributed by atoms with Crippen molar-refractivity contribution in [1.29, 1.82) is 0 Å². The van der Waals surface area contributed by atoms with Crippen molar-refractivity contribution in [3.63, 3.8) is 0 Å². The number of sulfonamides is 2. The summed E-state index contributed by atoms with van der Waals surface area (Å²) in [7, 11) is -7.45. The van der Waals surface area contributed by atoms with Crippen LogP contribution in [0.4, 0.5) is 0 Å². The van der Waals surface area contributed by atoms with E-state index in [2.05, 4.69) is 4.72 Å². The van der Waals surface area contributed by atoms with E-state index in [1.807, 2.05) is 0 Å². The first-order valence-electron chi connectivity index (χ1n) is 5.89. The van der Waals surface area contributed by atoms with Gasteiger partial charge < -0.3 is 0 Å². The summed E-state index contributed by atoms with van der Waals surface area (Å²) in [6.45, 7) is 1.63. The average Bonchev–Trinajstić information content (AvgIpc) is 2.92. The molecule has 0 amide bonds. The lowest BCUT2D eigenvalue weighted by molar-refractivity contribution is 0.569. The van der Waals surface area contributed by atoms with Crippen LogP contribution in [0.15, 0.2) is 50.9 Å². The molecule has 2 aromatic rings. The van der Waals surface area contributed by atoms with E-state index < -0.39 is 26.1 Å². The largest absolute Gasteiger partial charge is 0.250 e. The molecule has 0 saturated carbocycles. The molecule has 0 aliphatic heterocycles. The summed E-state index contributed by atoms with van der Waals surface area (Å²) in [6, 6.07) is 8.43. The number of rotatable bonds is 5. The van der Waals surface area contributed by atoms with Gasteiger partial charge in [-0.15, -0.1) is 11.3 Å². The van der Waals surface area contributed by atoms with Crippen LogP contribution in [-0.2, 0) is 20.0 Å². The predicted molar refractivity (Wildman–Crippen MR) is 80.9 cm³/mol. The first-order valence-corrected chi connectivity index (χ1v) is 9.80. The molecule has 0 saturated heterocycles. The lowest BCUT2D eigenvalue weighted by Crippen LogP contribution is -2.26. The Balaban J connectivity index is 2.28. The summed E-state index contributed by atoms with van der Waals surface area (Å²) in [4.78, 5) is -0.0535. The van der Waals surface area contributed by atoms with Crippen molar-refractivity contribution in [1.82, 2.24) is 4.72 Å². The molecule has 1 unspecified atom stereocenters. The van der Waals surface area contributed by atoms with Gasteiger partial charge in [-0.2, -0.15) is 0 Å². The minimum Gasteiger partial charge on any atom is -0.225 e. The second-order valence-electron chi connectivity index (χ2n) is 4.39. The van der Waals surface area contributed by atoms with Crippen LogP contribution < -0.4 is 9.86 Å². The zero-order valence-electron chi connectivity index (χ0n) is 11.1. The topological polar surface area (TPSA) is 106 Å². The first kappa shape index (κ1) is 16.1. The normalized spacial score (nSPS) is 14.0. The minimum atomic E-state index is -3.82. The summed E-state index contributed by atoms with van der Waals surface area (Å²) >= 11 is 1.11. The number of hydrogen-bond donors (Lipinski definition) is 2. The van der Waals surface area contributed by atoms with Gasteiger partial charge in [-0.25, -0.2) is 26.7 Å². The van der Waals surface area contributed by atoms with Crippen molar-refractivity contribution in [2.75, 3.05) is 0 Å². The summed E-state index contributed by atoms with van der Waals surface area (Å²) < 4.78 is 49.6. The average molecular weight is 346 g/mol. The highest BCUT2D eigenvalue weighted by Gasteiger charge is 2.20. The lowest BCUT2D eigenvalue weighted by Gasteiger charge is -2.14. The molecule has 2 rings (SSSR count). The Hall–Kier alpha value is -1.26. The Morgan fingerprint density at radius 1 is 1.14 bits per heavy atom. The van der Waals surface area contributed by atoms with Crippen LogP contribution in [0, 0.1) is 0 Å². The van der Waals surface area contributed by atoms with Gasteiger partial charge in [0.1, 0.15) is 4.21 Å². The fraction of sp³-hybridized carbons (Fsp3) is 0.167. The molecule has 1 aromatic carbocycles. The van der Waals surface area contributed by atoms with Gasteiger partial charge in [0.15, 0.2) is 0 Å². The molecule has 9 heteroatoms. The smallest absolute Gasteiger partial charge is 0.225 e. The Bertz CT molecular complexity index is 827.